The molecular formula is C35H36ClFN6O2. The highest BCUT2D eigenvalue weighted by Gasteiger charge is 2.50. The van der Waals surface area contributed by atoms with Gasteiger partial charge >= 0.3 is 0 Å². The van der Waals surface area contributed by atoms with Crippen LogP contribution in [0.3, 0.4) is 0 Å². The predicted molar refractivity (Wildman–Crippen MR) is 175 cm³/mol. The number of aromatic nitrogens is 2. The molecule has 45 heavy (non-hydrogen) atoms. The number of aryl methyl sites for hydroxylation is 1. The number of hydrogen-bond donors (Lipinski definition) is 2. The highest BCUT2D eigenvalue weighted by molar-refractivity contribution is 6.36. The number of rotatable bonds is 4. The molecule has 3 atom stereocenters. The number of aromatic hydroxyl groups is 1. The van der Waals surface area contributed by atoms with Gasteiger partial charge in [-0.2, -0.15) is 0 Å². The molecule has 5 aliphatic rings. The Bertz CT molecular complexity index is 1910. The van der Waals surface area contributed by atoms with Crippen molar-refractivity contribution in [1.82, 2.24) is 20.2 Å². The predicted octanol–water partition coefficient (Wildman–Crippen LogP) is 5.79. The maximum atomic E-state index is 17.0. The number of piperazine rings is 1. The van der Waals surface area contributed by atoms with Gasteiger partial charge in [0.2, 0.25) is 0 Å². The molecule has 2 N–H and O–H groups in total. The van der Waals surface area contributed by atoms with Crippen molar-refractivity contribution < 1.29 is 14.3 Å². The standard InChI is InChI=1S/C35H36ClFN6O2/c1-41-32-26(9-12-35-10-3-13-42(35)14-4-11-35)40-30-23(31(32)43-18-20-7-8-25(39-20)33(43)34(41)45)17-38-29(28(30)37)22-16-21(44)15-19-5-2-6-24(36)27(19)22/h2,5-6,15-17,20,25,33,39,44H,3-4,7-14,18H2,1H3. The van der Waals surface area contributed by atoms with Crippen LogP contribution in [0, 0.1) is 5.82 Å². The summed E-state index contributed by atoms with van der Waals surface area (Å²) < 4.78 is 17.0. The van der Waals surface area contributed by atoms with E-state index in [9.17, 15) is 9.90 Å². The van der Waals surface area contributed by atoms with Crippen molar-refractivity contribution >= 4 is 50.6 Å². The molecule has 0 saturated carbocycles. The van der Waals surface area contributed by atoms with Gasteiger partial charge in [-0.25, -0.2) is 9.37 Å². The van der Waals surface area contributed by atoms with E-state index in [1.807, 2.05) is 19.2 Å². The third-order valence-corrected chi connectivity index (χ3v) is 11.7. The van der Waals surface area contributed by atoms with Crippen LogP contribution < -0.4 is 15.1 Å². The Labute approximate surface area is 266 Å². The Morgan fingerprint density at radius 3 is 2.80 bits per heavy atom. The second-order valence-corrected chi connectivity index (χ2v) is 14.1. The lowest BCUT2D eigenvalue weighted by Gasteiger charge is -2.48. The maximum Gasteiger partial charge on any atom is 0.251 e. The molecule has 9 rings (SSSR count). The van der Waals surface area contributed by atoms with Gasteiger partial charge in [-0.15, -0.1) is 0 Å². The van der Waals surface area contributed by atoms with E-state index in [2.05, 4.69) is 15.1 Å². The zero-order chi connectivity index (χ0) is 30.6. The number of fused-ring (bicyclic) bond motifs is 10. The van der Waals surface area contributed by atoms with Gasteiger partial charge in [0.1, 0.15) is 23.0 Å². The van der Waals surface area contributed by atoms with Crippen molar-refractivity contribution in [3.05, 3.63) is 53.1 Å². The minimum atomic E-state index is -0.542. The molecule has 8 nitrogen and oxygen atoms in total. The third-order valence-electron chi connectivity index (χ3n) is 11.4. The molecule has 10 heteroatoms. The van der Waals surface area contributed by atoms with E-state index < -0.39 is 5.82 Å². The minimum Gasteiger partial charge on any atom is -0.508 e. The first-order valence-electron chi connectivity index (χ1n) is 16.3. The van der Waals surface area contributed by atoms with Crippen LogP contribution in [0.2, 0.25) is 5.02 Å². The second kappa shape index (κ2) is 9.98. The maximum absolute atomic E-state index is 17.0. The van der Waals surface area contributed by atoms with Crippen LogP contribution in [0.4, 0.5) is 15.8 Å². The Balaban J connectivity index is 1.27. The van der Waals surface area contributed by atoms with E-state index in [1.54, 1.807) is 23.2 Å². The highest BCUT2D eigenvalue weighted by atomic mass is 35.5. The Morgan fingerprint density at radius 2 is 1.98 bits per heavy atom. The molecule has 0 spiro atoms. The van der Waals surface area contributed by atoms with Crippen molar-refractivity contribution in [3.8, 4) is 17.0 Å². The first-order chi connectivity index (χ1) is 21.8. The van der Waals surface area contributed by atoms with E-state index in [1.165, 1.54) is 31.7 Å². The number of carbonyl (C=O) groups excluding carboxylic acids is 1. The van der Waals surface area contributed by atoms with Gasteiger partial charge in [-0.3, -0.25) is 14.7 Å². The molecular weight excluding hydrogens is 591 g/mol. The fraction of sp³-hybridized carbons (Fsp3) is 0.457. The van der Waals surface area contributed by atoms with Crippen molar-refractivity contribution in [2.75, 3.05) is 36.5 Å². The van der Waals surface area contributed by atoms with E-state index in [4.69, 9.17) is 21.6 Å². The Kier molecular flexibility index (Phi) is 6.16. The van der Waals surface area contributed by atoms with Crippen LogP contribution in [0.15, 0.2) is 36.5 Å². The lowest BCUT2D eigenvalue weighted by atomic mass is 9.87. The van der Waals surface area contributed by atoms with Crippen LogP contribution >= 0.6 is 11.6 Å². The molecule has 1 amide bonds. The number of anilines is 2. The summed E-state index contributed by atoms with van der Waals surface area (Å²) in [5.74, 6) is -0.467. The number of carbonyl (C=O) groups is 1. The number of pyridine rings is 2. The molecule has 0 aliphatic carbocycles. The molecule has 3 unspecified atom stereocenters. The van der Waals surface area contributed by atoms with E-state index in [0.29, 0.717) is 39.7 Å². The number of likely N-dealkylation sites (N-methyl/N-ethyl adjacent to an activating group) is 1. The average molecular weight is 627 g/mol. The van der Waals surface area contributed by atoms with Gasteiger partial charge in [0.05, 0.1) is 17.1 Å². The molecule has 4 fully saturated rings. The van der Waals surface area contributed by atoms with Crippen LogP contribution in [-0.4, -0.2) is 76.2 Å². The lowest BCUT2D eigenvalue weighted by molar-refractivity contribution is -0.120. The lowest BCUT2D eigenvalue weighted by Crippen LogP contribution is -2.66. The number of phenols is 1. The number of nitrogens with zero attached hydrogens (tertiary/aromatic N) is 5. The number of benzene rings is 2. The summed E-state index contributed by atoms with van der Waals surface area (Å²) in [6.07, 6.45) is 10.0. The van der Waals surface area contributed by atoms with Crippen molar-refractivity contribution in [2.24, 2.45) is 0 Å². The first-order valence-corrected chi connectivity index (χ1v) is 16.7. The van der Waals surface area contributed by atoms with Crippen LogP contribution in [0.25, 0.3) is 32.9 Å². The zero-order valence-corrected chi connectivity index (χ0v) is 26.1. The highest BCUT2D eigenvalue weighted by Crippen LogP contribution is 2.49. The molecule has 2 aromatic heterocycles. The summed E-state index contributed by atoms with van der Waals surface area (Å²) in [4.78, 5) is 30.4. The molecule has 4 saturated heterocycles. The SMILES string of the molecule is CN1C(=O)C2C3CCC(CN2c2c1c(CCC14CCCN1CCC4)nc1c(F)c(-c4cc(O)cc5cccc(Cl)c45)ncc21)N3. The van der Waals surface area contributed by atoms with Gasteiger partial charge in [-0.1, -0.05) is 23.7 Å². The monoisotopic (exact) mass is 626 g/mol. The Morgan fingerprint density at radius 1 is 1.16 bits per heavy atom. The van der Waals surface area contributed by atoms with Crippen molar-refractivity contribution in [1.29, 1.82) is 0 Å². The summed E-state index contributed by atoms with van der Waals surface area (Å²) in [6.45, 7) is 2.95. The number of amides is 1. The number of hydrogen-bond acceptors (Lipinski definition) is 7. The van der Waals surface area contributed by atoms with E-state index in [-0.39, 0.29) is 46.5 Å². The Hall–Kier alpha value is -3.53. The molecule has 0 radical (unpaired) electrons. The smallest absolute Gasteiger partial charge is 0.251 e. The fourth-order valence-electron chi connectivity index (χ4n) is 9.41. The summed E-state index contributed by atoms with van der Waals surface area (Å²) in [7, 11) is 1.85. The van der Waals surface area contributed by atoms with Gasteiger partial charge < -0.3 is 20.2 Å². The molecule has 4 aromatic rings. The minimum absolute atomic E-state index is 0.0105. The molecule has 2 aromatic carbocycles. The number of halogens is 2. The zero-order valence-electron chi connectivity index (χ0n) is 25.3. The number of nitrogens with one attached hydrogen (secondary N) is 1. The topological polar surface area (TPSA) is 84.8 Å². The first kappa shape index (κ1) is 27.8. The normalized spacial score (nSPS) is 25.3. The fourth-order valence-corrected chi connectivity index (χ4v) is 9.69. The summed E-state index contributed by atoms with van der Waals surface area (Å²) in [5.41, 5.74) is 3.36. The molecule has 2 bridgehead atoms. The molecule has 232 valence electrons. The van der Waals surface area contributed by atoms with Crippen LogP contribution in [0.1, 0.15) is 50.6 Å². The van der Waals surface area contributed by atoms with E-state index >= 15 is 4.39 Å². The van der Waals surface area contributed by atoms with Gasteiger partial charge in [0.25, 0.3) is 5.91 Å². The largest absolute Gasteiger partial charge is 0.508 e. The summed E-state index contributed by atoms with van der Waals surface area (Å²) >= 11 is 6.64. The average Bonchev–Trinajstić information content (AvgIpc) is 3.72. The van der Waals surface area contributed by atoms with Gasteiger partial charge in [0.15, 0.2) is 5.82 Å². The van der Waals surface area contributed by atoms with Crippen molar-refractivity contribution in [2.45, 2.75) is 75.0 Å². The molecule has 7 heterocycles. The second-order valence-electron chi connectivity index (χ2n) is 13.7. The van der Waals surface area contributed by atoms with Crippen LogP contribution in [-0.2, 0) is 11.2 Å². The number of phenolic OH excluding ortho intramolecular Hbond substituents is 1. The molecule has 5 aliphatic heterocycles. The summed E-state index contributed by atoms with van der Waals surface area (Å²) in [6, 6.07) is 8.54. The third kappa shape index (κ3) is 3.99. The van der Waals surface area contributed by atoms with Crippen LogP contribution in [0.5, 0.6) is 5.75 Å². The van der Waals surface area contributed by atoms with Gasteiger partial charge in [-0.05, 0) is 88.0 Å². The quantitative estimate of drug-likeness (QED) is 0.296. The van der Waals surface area contributed by atoms with Gasteiger partial charge in [0, 0.05) is 58.8 Å². The summed E-state index contributed by atoms with van der Waals surface area (Å²) in [5, 5.41) is 16.6. The van der Waals surface area contributed by atoms with E-state index in [0.717, 1.165) is 49.4 Å². The van der Waals surface area contributed by atoms with Crippen molar-refractivity contribution in [3.63, 3.8) is 0 Å².